The Labute approximate surface area is 157 Å². The molecule has 4 nitrogen and oxygen atoms in total. The maximum absolute atomic E-state index is 15.9. The standard InChI is InChI=1S/C20H13F2NO3S/c1-26-13-9-5-8-12(10-13)20(22)16(24)15-14(11-6-3-2-4-7-11)17(21)27-18(15)23-19(20)25/h2-10H,1H3,(H,23,25). The largest absolute Gasteiger partial charge is 0.497 e. The predicted molar refractivity (Wildman–Crippen MR) is 98.5 cm³/mol. The van der Waals surface area contributed by atoms with Gasteiger partial charge in [0.2, 0.25) is 5.78 Å². The number of ketones is 1. The van der Waals surface area contributed by atoms with E-state index in [1.54, 1.807) is 36.4 Å². The van der Waals surface area contributed by atoms with Crippen LogP contribution >= 0.6 is 11.3 Å². The molecule has 2 heterocycles. The molecule has 1 aliphatic heterocycles. The molecule has 0 spiro atoms. The molecule has 1 N–H and O–H groups in total. The molecule has 0 fully saturated rings. The highest BCUT2D eigenvalue weighted by Crippen LogP contribution is 2.47. The van der Waals surface area contributed by atoms with E-state index in [0.717, 1.165) is 0 Å². The van der Waals surface area contributed by atoms with Crippen LogP contribution in [0.5, 0.6) is 5.75 Å². The highest BCUT2D eigenvalue weighted by atomic mass is 32.1. The number of hydrogen-bond donors (Lipinski definition) is 1. The molecular formula is C20H13F2NO3S. The lowest BCUT2D eigenvalue weighted by Gasteiger charge is -2.28. The van der Waals surface area contributed by atoms with Crippen LogP contribution in [0.3, 0.4) is 0 Å². The zero-order valence-corrected chi connectivity index (χ0v) is 14.9. The van der Waals surface area contributed by atoms with Gasteiger partial charge in [-0.15, -0.1) is 0 Å². The summed E-state index contributed by atoms with van der Waals surface area (Å²) in [7, 11) is 1.40. The molecule has 1 atom stereocenters. The molecule has 4 rings (SSSR count). The summed E-state index contributed by atoms with van der Waals surface area (Å²) in [5.41, 5.74) is -2.87. The second-order valence-corrected chi connectivity index (χ2v) is 6.97. The number of ether oxygens (including phenoxy) is 1. The summed E-state index contributed by atoms with van der Waals surface area (Å²) >= 11 is 0.612. The minimum absolute atomic E-state index is 0.00878. The van der Waals surface area contributed by atoms with Crippen LogP contribution < -0.4 is 10.1 Å². The van der Waals surface area contributed by atoms with E-state index in [2.05, 4.69) is 5.32 Å². The van der Waals surface area contributed by atoms with Crippen LogP contribution in [0.25, 0.3) is 11.1 Å². The van der Waals surface area contributed by atoms with Crippen molar-refractivity contribution in [2.24, 2.45) is 0 Å². The Morgan fingerprint density at radius 1 is 1.04 bits per heavy atom. The van der Waals surface area contributed by atoms with E-state index in [4.69, 9.17) is 4.74 Å². The molecular weight excluding hydrogens is 372 g/mol. The van der Waals surface area contributed by atoms with Crippen molar-refractivity contribution in [2.75, 3.05) is 12.4 Å². The van der Waals surface area contributed by atoms with Crippen LogP contribution in [0.1, 0.15) is 15.9 Å². The number of amides is 1. The van der Waals surface area contributed by atoms with Crippen molar-refractivity contribution in [3.63, 3.8) is 0 Å². The van der Waals surface area contributed by atoms with Gasteiger partial charge in [0.05, 0.1) is 12.7 Å². The number of hydrogen-bond acceptors (Lipinski definition) is 4. The summed E-state index contributed by atoms with van der Waals surface area (Å²) < 4.78 is 35.5. The van der Waals surface area contributed by atoms with E-state index in [-0.39, 0.29) is 21.7 Å². The third-order valence-corrected chi connectivity index (χ3v) is 5.37. The highest BCUT2D eigenvalue weighted by Gasteiger charge is 2.54. The second-order valence-electron chi connectivity index (χ2n) is 5.99. The van der Waals surface area contributed by atoms with Crippen molar-refractivity contribution in [3.8, 4) is 16.9 Å². The van der Waals surface area contributed by atoms with E-state index >= 15 is 4.39 Å². The number of Topliss-reactive ketones (excluding diaryl/α,β-unsaturated/α-hetero) is 1. The predicted octanol–water partition coefficient (Wildman–Crippen LogP) is 4.56. The molecule has 2 aromatic carbocycles. The first-order valence-corrected chi connectivity index (χ1v) is 8.86. The SMILES string of the molecule is COc1cccc(C2(F)C(=O)Nc3sc(F)c(-c4ccccc4)c3C2=O)c1. The van der Waals surface area contributed by atoms with Crippen molar-refractivity contribution in [3.05, 3.63) is 70.9 Å². The lowest BCUT2D eigenvalue weighted by atomic mass is 9.83. The van der Waals surface area contributed by atoms with Crippen molar-refractivity contribution in [1.82, 2.24) is 0 Å². The maximum atomic E-state index is 15.9. The molecule has 3 aromatic rings. The molecule has 1 unspecified atom stereocenters. The summed E-state index contributed by atoms with van der Waals surface area (Å²) in [6, 6.07) is 14.1. The average Bonchev–Trinajstić information content (AvgIpc) is 3.02. The van der Waals surface area contributed by atoms with Crippen molar-refractivity contribution in [1.29, 1.82) is 0 Å². The number of methoxy groups -OCH3 is 1. The molecule has 1 aliphatic rings. The lowest BCUT2D eigenvalue weighted by molar-refractivity contribution is -0.125. The molecule has 0 aliphatic carbocycles. The minimum atomic E-state index is -2.97. The zero-order valence-electron chi connectivity index (χ0n) is 14.1. The summed E-state index contributed by atoms with van der Waals surface area (Å²) in [5.74, 6) is -1.93. The maximum Gasteiger partial charge on any atom is 0.276 e. The van der Waals surface area contributed by atoms with Gasteiger partial charge in [-0.1, -0.05) is 53.8 Å². The smallest absolute Gasteiger partial charge is 0.276 e. The van der Waals surface area contributed by atoms with Crippen molar-refractivity contribution >= 4 is 28.0 Å². The number of rotatable bonds is 3. The number of halogens is 2. The number of fused-ring (bicyclic) bond motifs is 1. The fourth-order valence-corrected chi connectivity index (χ4v) is 4.08. The number of carbonyl (C=O) groups is 2. The fourth-order valence-electron chi connectivity index (χ4n) is 3.13. The number of carbonyl (C=O) groups excluding carboxylic acids is 2. The molecule has 7 heteroatoms. The topological polar surface area (TPSA) is 55.4 Å². The first-order valence-electron chi connectivity index (χ1n) is 8.04. The lowest BCUT2D eigenvalue weighted by Crippen LogP contribution is -2.47. The number of thiophene rings is 1. The molecule has 0 saturated heterocycles. The van der Waals surface area contributed by atoms with Crippen LogP contribution in [-0.2, 0) is 10.5 Å². The molecule has 0 saturated carbocycles. The van der Waals surface area contributed by atoms with Crippen LogP contribution in [0.2, 0.25) is 0 Å². The van der Waals surface area contributed by atoms with Gasteiger partial charge in [0.15, 0.2) is 5.13 Å². The second kappa shape index (κ2) is 6.28. The van der Waals surface area contributed by atoms with Gasteiger partial charge in [0.1, 0.15) is 10.8 Å². The Balaban J connectivity index is 1.92. The molecule has 27 heavy (non-hydrogen) atoms. The average molecular weight is 385 g/mol. The van der Waals surface area contributed by atoms with Crippen LogP contribution in [0.15, 0.2) is 54.6 Å². The van der Waals surface area contributed by atoms with Gasteiger partial charge in [-0.25, -0.2) is 4.39 Å². The van der Waals surface area contributed by atoms with Crippen LogP contribution in [-0.4, -0.2) is 18.8 Å². The van der Waals surface area contributed by atoms with E-state index in [1.807, 2.05) is 0 Å². The van der Waals surface area contributed by atoms with Gasteiger partial charge in [0, 0.05) is 11.1 Å². The van der Waals surface area contributed by atoms with Gasteiger partial charge in [0.25, 0.3) is 11.6 Å². The first-order chi connectivity index (χ1) is 13.0. The summed E-state index contributed by atoms with van der Waals surface area (Å²) in [6.07, 6.45) is 0. The highest BCUT2D eigenvalue weighted by molar-refractivity contribution is 7.15. The zero-order chi connectivity index (χ0) is 19.2. The number of benzene rings is 2. The number of anilines is 1. The molecule has 1 aromatic heterocycles. The Hall–Kier alpha value is -3.06. The fraction of sp³-hybridized carbons (Fsp3) is 0.100. The Kier molecular flexibility index (Phi) is 4.04. The van der Waals surface area contributed by atoms with Crippen molar-refractivity contribution < 1.29 is 23.1 Å². The van der Waals surface area contributed by atoms with Gasteiger partial charge in [-0.05, 0) is 17.7 Å². The third-order valence-electron chi connectivity index (χ3n) is 4.48. The summed E-state index contributed by atoms with van der Waals surface area (Å²) in [6.45, 7) is 0. The third kappa shape index (κ3) is 2.54. The van der Waals surface area contributed by atoms with Crippen LogP contribution in [0, 0.1) is 5.13 Å². The molecule has 0 radical (unpaired) electrons. The van der Waals surface area contributed by atoms with Gasteiger partial charge >= 0.3 is 0 Å². The Morgan fingerprint density at radius 3 is 2.48 bits per heavy atom. The van der Waals surface area contributed by atoms with Crippen LogP contribution in [0.4, 0.5) is 13.8 Å². The van der Waals surface area contributed by atoms with Crippen molar-refractivity contribution in [2.45, 2.75) is 5.67 Å². The Bertz CT molecular complexity index is 1060. The minimum Gasteiger partial charge on any atom is -0.497 e. The van der Waals surface area contributed by atoms with Gasteiger partial charge < -0.3 is 10.1 Å². The molecule has 0 bridgehead atoms. The number of nitrogens with one attached hydrogen (secondary N) is 1. The van der Waals surface area contributed by atoms with E-state index in [9.17, 15) is 14.0 Å². The number of alkyl halides is 1. The van der Waals surface area contributed by atoms with E-state index in [1.165, 1.54) is 25.3 Å². The van der Waals surface area contributed by atoms with Gasteiger partial charge in [-0.3, -0.25) is 9.59 Å². The Morgan fingerprint density at radius 2 is 1.78 bits per heavy atom. The van der Waals surface area contributed by atoms with E-state index in [0.29, 0.717) is 22.6 Å². The summed E-state index contributed by atoms with van der Waals surface area (Å²) in [5, 5.41) is 1.70. The van der Waals surface area contributed by atoms with E-state index < -0.39 is 22.5 Å². The molecule has 136 valence electrons. The quantitative estimate of drug-likeness (QED) is 0.673. The summed E-state index contributed by atoms with van der Waals surface area (Å²) in [4.78, 5) is 25.6. The molecule has 1 amide bonds. The van der Waals surface area contributed by atoms with Gasteiger partial charge in [-0.2, -0.15) is 4.39 Å². The normalized spacial score (nSPS) is 18.8. The first kappa shape index (κ1) is 17.4. The monoisotopic (exact) mass is 385 g/mol.